The number of hydrogen-bond donors (Lipinski definition) is 2. The number of carboxylic acids is 1. The van der Waals surface area contributed by atoms with Gasteiger partial charge in [-0.1, -0.05) is 23.7 Å². The van der Waals surface area contributed by atoms with E-state index in [1.54, 1.807) is 42.8 Å². The highest BCUT2D eigenvalue weighted by molar-refractivity contribution is 6.30. The van der Waals surface area contributed by atoms with Gasteiger partial charge in [-0.05, 0) is 55.8 Å². The molecule has 8 nitrogen and oxygen atoms in total. The van der Waals surface area contributed by atoms with Crippen LogP contribution in [-0.2, 0) is 9.53 Å². The number of rotatable bonds is 5. The summed E-state index contributed by atoms with van der Waals surface area (Å²) in [4.78, 5) is 28.6. The second kappa shape index (κ2) is 8.23. The molecule has 0 radical (unpaired) electrons. The van der Waals surface area contributed by atoms with Gasteiger partial charge in [-0.3, -0.25) is 0 Å². The number of nitrogens with one attached hydrogen (secondary N) is 1. The molecule has 1 unspecified atom stereocenters. The Morgan fingerprint density at radius 1 is 1.16 bits per heavy atom. The average molecular weight is 439 g/mol. The third-order valence-corrected chi connectivity index (χ3v) is 5.18. The van der Waals surface area contributed by atoms with Crippen LogP contribution in [-0.4, -0.2) is 38.4 Å². The Labute approximate surface area is 183 Å². The third-order valence-electron chi connectivity index (χ3n) is 4.92. The summed E-state index contributed by atoms with van der Waals surface area (Å²) < 4.78 is 6.89. The number of carbonyl (C=O) groups excluding carboxylic acids is 1. The lowest BCUT2D eigenvalue weighted by Crippen LogP contribution is -2.29. The highest BCUT2D eigenvalue weighted by Gasteiger charge is 2.35. The Balaban J connectivity index is 1.84. The molecule has 2 N–H and O–H groups in total. The van der Waals surface area contributed by atoms with Crippen LogP contribution in [0.15, 0.2) is 59.8 Å². The molecule has 2 heterocycles. The van der Waals surface area contributed by atoms with Crippen molar-refractivity contribution in [3.8, 4) is 11.4 Å². The molecule has 1 aromatic heterocycles. The number of fused-ring (bicyclic) bond motifs is 1. The van der Waals surface area contributed by atoms with E-state index in [0.717, 1.165) is 5.56 Å². The summed E-state index contributed by atoms with van der Waals surface area (Å²) in [6, 6.07) is 12.8. The van der Waals surface area contributed by atoms with Crippen molar-refractivity contribution in [2.24, 2.45) is 0 Å². The predicted molar refractivity (Wildman–Crippen MR) is 115 cm³/mol. The summed E-state index contributed by atoms with van der Waals surface area (Å²) in [5, 5.41) is 17.6. The summed E-state index contributed by atoms with van der Waals surface area (Å²) in [7, 11) is 0. The molecule has 0 spiro atoms. The van der Waals surface area contributed by atoms with Gasteiger partial charge in [-0.2, -0.15) is 4.98 Å². The zero-order valence-electron chi connectivity index (χ0n) is 16.8. The number of carbonyl (C=O) groups is 2. The van der Waals surface area contributed by atoms with Gasteiger partial charge in [0.05, 0.1) is 17.7 Å². The highest BCUT2D eigenvalue weighted by atomic mass is 35.5. The van der Waals surface area contributed by atoms with Crippen LogP contribution in [0.2, 0.25) is 5.02 Å². The van der Waals surface area contributed by atoms with Gasteiger partial charge in [0.1, 0.15) is 6.04 Å². The lowest BCUT2D eigenvalue weighted by atomic mass is 9.95. The fraction of sp³-hybridized carbons (Fsp3) is 0.182. The van der Waals surface area contributed by atoms with E-state index in [0.29, 0.717) is 33.6 Å². The fourth-order valence-electron chi connectivity index (χ4n) is 3.46. The Morgan fingerprint density at radius 3 is 2.45 bits per heavy atom. The molecule has 0 bridgehead atoms. The van der Waals surface area contributed by atoms with E-state index in [1.165, 1.54) is 12.1 Å². The molecule has 3 aromatic rings. The van der Waals surface area contributed by atoms with Crippen molar-refractivity contribution in [1.29, 1.82) is 0 Å². The molecule has 2 aromatic carbocycles. The Hall–Kier alpha value is -3.65. The number of esters is 1. The van der Waals surface area contributed by atoms with E-state index < -0.39 is 18.0 Å². The number of carboxylic acid groups (broad SMARTS) is 1. The van der Waals surface area contributed by atoms with Gasteiger partial charge in [-0.15, -0.1) is 5.10 Å². The SMILES string of the molecule is CCOC(=O)C1=C(C)Nc2nc(-c3ccc(Cl)cc3)nn2C1c1ccc(C(=O)O)cc1. The van der Waals surface area contributed by atoms with E-state index in [-0.39, 0.29) is 12.2 Å². The largest absolute Gasteiger partial charge is 0.478 e. The van der Waals surface area contributed by atoms with Crippen LogP contribution in [0.1, 0.15) is 35.8 Å². The Bertz CT molecular complexity index is 1180. The lowest BCUT2D eigenvalue weighted by Gasteiger charge is -2.28. The molecule has 9 heteroatoms. The molecule has 0 amide bonds. The minimum absolute atomic E-state index is 0.150. The van der Waals surface area contributed by atoms with Crippen LogP contribution in [0.4, 0.5) is 5.95 Å². The molecule has 1 atom stereocenters. The summed E-state index contributed by atoms with van der Waals surface area (Å²) >= 11 is 5.98. The van der Waals surface area contributed by atoms with Crippen molar-refractivity contribution in [1.82, 2.24) is 14.8 Å². The zero-order chi connectivity index (χ0) is 22.1. The van der Waals surface area contributed by atoms with Gasteiger partial charge >= 0.3 is 11.9 Å². The van der Waals surface area contributed by atoms with E-state index in [9.17, 15) is 14.7 Å². The van der Waals surface area contributed by atoms with Gasteiger partial charge in [0.2, 0.25) is 5.95 Å². The van der Waals surface area contributed by atoms with E-state index in [2.05, 4.69) is 15.4 Å². The highest BCUT2D eigenvalue weighted by Crippen LogP contribution is 2.37. The van der Waals surface area contributed by atoms with Crippen molar-refractivity contribution in [2.75, 3.05) is 11.9 Å². The van der Waals surface area contributed by atoms with Crippen LogP contribution < -0.4 is 5.32 Å². The second-order valence-corrected chi connectivity index (χ2v) is 7.36. The van der Waals surface area contributed by atoms with E-state index >= 15 is 0 Å². The first-order valence-corrected chi connectivity index (χ1v) is 9.97. The van der Waals surface area contributed by atoms with Crippen LogP contribution >= 0.6 is 11.6 Å². The quantitative estimate of drug-likeness (QED) is 0.576. The Kier molecular flexibility index (Phi) is 5.48. The van der Waals surface area contributed by atoms with Gasteiger partial charge in [-0.25, -0.2) is 14.3 Å². The number of hydrogen-bond acceptors (Lipinski definition) is 6. The first-order valence-electron chi connectivity index (χ1n) is 9.59. The van der Waals surface area contributed by atoms with Crippen LogP contribution in [0.25, 0.3) is 11.4 Å². The number of allylic oxidation sites excluding steroid dienone is 1. The standard InChI is InChI=1S/C22H19ClN4O4/c1-3-31-21(30)17-12(2)24-22-25-19(14-8-10-16(23)11-9-14)26-27(22)18(17)13-4-6-15(7-5-13)20(28)29/h4-11,18H,3H2,1-2H3,(H,28,29)(H,24,25,26). The molecular formula is C22H19ClN4O4. The number of aromatic carboxylic acids is 1. The molecule has 4 rings (SSSR count). The maximum Gasteiger partial charge on any atom is 0.338 e. The number of ether oxygens (including phenoxy) is 1. The second-order valence-electron chi connectivity index (χ2n) is 6.92. The van der Waals surface area contributed by atoms with Crippen molar-refractivity contribution in [3.05, 3.63) is 76.0 Å². The fourth-order valence-corrected chi connectivity index (χ4v) is 3.59. The minimum Gasteiger partial charge on any atom is -0.478 e. The number of nitrogens with zero attached hydrogens (tertiary/aromatic N) is 3. The van der Waals surface area contributed by atoms with E-state index in [4.69, 9.17) is 16.3 Å². The maximum atomic E-state index is 12.8. The van der Waals surface area contributed by atoms with Gasteiger partial charge in [0, 0.05) is 16.3 Å². The van der Waals surface area contributed by atoms with Crippen LogP contribution in [0, 0.1) is 0 Å². The first-order chi connectivity index (χ1) is 14.9. The topological polar surface area (TPSA) is 106 Å². The van der Waals surface area contributed by atoms with Crippen molar-refractivity contribution in [2.45, 2.75) is 19.9 Å². The number of anilines is 1. The molecule has 0 saturated carbocycles. The normalized spacial score (nSPS) is 15.3. The smallest absolute Gasteiger partial charge is 0.338 e. The molecular weight excluding hydrogens is 420 g/mol. The maximum absolute atomic E-state index is 12.8. The minimum atomic E-state index is -1.03. The van der Waals surface area contributed by atoms with Gasteiger partial charge < -0.3 is 15.2 Å². The summed E-state index contributed by atoms with van der Waals surface area (Å²) in [5.74, 6) is -0.582. The first kappa shape index (κ1) is 20.6. The van der Waals surface area contributed by atoms with Gasteiger partial charge in [0.15, 0.2) is 5.82 Å². The summed E-state index contributed by atoms with van der Waals surface area (Å²) in [6.07, 6.45) is 0. The lowest BCUT2D eigenvalue weighted by molar-refractivity contribution is -0.139. The summed E-state index contributed by atoms with van der Waals surface area (Å²) in [5.41, 5.74) is 2.57. The van der Waals surface area contributed by atoms with Crippen molar-refractivity contribution >= 4 is 29.5 Å². The Morgan fingerprint density at radius 2 is 1.84 bits per heavy atom. The number of benzene rings is 2. The van der Waals surface area contributed by atoms with Crippen molar-refractivity contribution < 1.29 is 19.4 Å². The molecule has 0 aliphatic carbocycles. The van der Waals surface area contributed by atoms with Gasteiger partial charge in [0.25, 0.3) is 0 Å². The predicted octanol–water partition coefficient (Wildman–Crippen LogP) is 4.15. The molecule has 0 fully saturated rings. The molecule has 1 aliphatic heterocycles. The molecule has 0 saturated heterocycles. The third kappa shape index (κ3) is 3.89. The monoisotopic (exact) mass is 438 g/mol. The van der Waals surface area contributed by atoms with Crippen molar-refractivity contribution in [3.63, 3.8) is 0 Å². The zero-order valence-corrected chi connectivity index (χ0v) is 17.6. The summed E-state index contributed by atoms with van der Waals surface area (Å²) in [6.45, 7) is 3.73. The van der Waals surface area contributed by atoms with E-state index in [1.807, 2.05) is 12.1 Å². The van der Waals surface area contributed by atoms with Crippen LogP contribution in [0.5, 0.6) is 0 Å². The average Bonchev–Trinajstić information content (AvgIpc) is 3.17. The molecule has 31 heavy (non-hydrogen) atoms. The molecule has 158 valence electrons. The number of halogens is 1. The van der Waals surface area contributed by atoms with Crippen LogP contribution in [0.3, 0.4) is 0 Å². The number of aromatic nitrogens is 3. The molecule has 1 aliphatic rings.